The van der Waals surface area contributed by atoms with Gasteiger partial charge in [-0.1, -0.05) is 19.1 Å². The van der Waals surface area contributed by atoms with Gasteiger partial charge in [-0.2, -0.15) is 0 Å². The number of piperidine rings is 1. The minimum absolute atomic E-state index is 0.198. The largest absolute Gasteiger partial charge is 0.374 e. The Morgan fingerprint density at radius 3 is 1.73 bits per heavy atom. The predicted molar refractivity (Wildman–Crippen MR) is 139 cm³/mol. The average Bonchev–Trinajstić information content (AvgIpc) is 2.82. The third-order valence-electron chi connectivity index (χ3n) is 7.41. The van der Waals surface area contributed by atoms with Crippen molar-refractivity contribution in [3.8, 4) is 0 Å². The van der Waals surface area contributed by atoms with Gasteiger partial charge in [0.25, 0.3) is 0 Å². The lowest BCUT2D eigenvalue weighted by Crippen LogP contribution is -2.37. The summed E-state index contributed by atoms with van der Waals surface area (Å²) in [7, 11) is 4.32. The number of aryl methyl sites for hydroxylation is 2. The lowest BCUT2D eigenvalue weighted by Gasteiger charge is -2.30. The van der Waals surface area contributed by atoms with Gasteiger partial charge in [0.15, 0.2) is 5.78 Å². The molecule has 1 saturated heterocycles. The smallest absolute Gasteiger partial charge is 0.187 e. The lowest BCUT2D eigenvalue weighted by molar-refractivity contribution is -0.113. The maximum atomic E-state index is 13.5. The van der Waals surface area contributed by atoms with E-state index in [9.17, 15) is 4.79 Å². The first kappa shape index (κ1) is 22.0. The molecule has 172 valence electrons. The quantitative estimate of drug-likeness (QED) is 0.638. The van der Waals surface area contributed by atoms with Crippen molar-refractivity contribution in [3.05, 3.63) is 69.8 Å². The molecular formula is C29H35N3O. The van der Waals surface area contributed by atoms with Crippen molar-refractivity contribution in [1.82, 2.24) is 4.90 Å². The standard InChI is InChI=1S/C29H35N3O/c1-4-32-19-25(17-21-9-11-27-23(15-21)7-5-13-30(27)2)29(33)26(20-32)18-22-10-12-28-24(16-22)8-6-14-31(28)3/h9-12,15-18H,4-8,13-14,19-20H2,1-3H3. The van der Waals surface area contributed by atoms with Crippen LogP contribution in [0.2, 0.25) is 0 Å². The Morgan fingerprint density at radius 2 is 1.27 bits per heavy atom. The Labute approximate surface area is 198 Å². The molecule has 4 heteroatoms. The second-order valence-corrected chi connectivity index (χ2v) is 9.80. The van der Waals surface area contributed by atoms with Crippen molar-refractivity contribution in [1.29, 1.82) is 0 Å². The Balaban J connectivity index is 1.45. The third kappa shape index (κ3) is 4.49. The molecule has 0 saturated carbocycles. The molecule has 0 N–H and O–H groups in total. The van der Waals surface area contributed by atoms with Crippen LogP contribution in [0.3, 0.4) is 0 Å². The highest BCUT2D eigenvalue weighted by molar-refractivity contribution is 6.14. The minimum atomic E-state index is 0.198. The Hall–Kier alpha value is -2.85. The second kappa shape index (κ2) is 9.18. The summed E-state index contributed by atoms with van der Waals surface area (Å²) >= 11 is 0. The van der Waals surface area contributed by atoms with Crippen LogP contribution in [-0.4, -0.2) is 57.5 Å². The van der Waals surface area contributed by atoms with Crippen LogP contribution in [0, 0.1) is 0 Å². The summed E-state index contributed by atoms with van der Waals surface area (Å²) in [6, 6.07) is 13.3. The first-order valence-corrected chi connectivity index (χ1v) is 12.4. The van der Waals surface area contributed by atoms with E-state index < -0.39 is 0 Å². The summed E-state index contributed by atoms with van der Waals surface area (Å²) in [5, 5.41) is 0. The number of fused-ring (bicyclic) bond motifs is 2. The van der Waals surface area contributed by atoms with E-state index in [4.69, 9.17) is 0 Å². The number of anilines is 2. The fourth-order valence-corrected chi connectivity index (χ4v) is 5.53. The first-order valence-electron chi connectivity index (χ1n) is 12.4. The highest BCUT2D eigenvalue weighted by Crippen LogP contribution is 2.30. The third-order valence-corrected chi connectivity index (χ3v) is 7.41. The Morgan fingerprint density at radius 1 is 0.788 bits per heavy atom. The molecule has 1 fully saturated rings. The molecule has 0 radical (unpaired) electrons. The van der Waals surface area contributed by atoms with Gasteiger partial charge in [-0.3, -0.25) is 9.69 Å². The number of hydrogen-bond donors (Lipinski definition) is 0. The molecule has 3 aliphatic heterocycles. The van der Waals surface area contributed by atoms with Crippen molar-refractivity contribution in [2.75, 3.05) is 56.6 Å². The summed E-state index contributed by atoms with van der Waals surface area (Å²) in [4.78, 5) is 20.5. The normalized spacial score (nSPS) is 21.5. The molecule has 2 aromatic rings. The number of nitrogens with zero attached hydrogens (tertiary/aromatic N) is 3. The van der Waals surface area contributed by atoms with Crippen LogP contribution >= 0.6 is 0 Å². The van der Waals surface area contributed by atoms with E-state index in [0.717, 1.165) is 67.8 Å². The molecule has 0 amide bonds. The molecule has 3 heterocycles. The van der Waals surface area contributed by atoms with E-state index in [0.29, 0.717) is 0 Å². The van der Waals surface area contributed by atoms with Gasteiger partial charge < -0.3 is 9.80 Å². The molecular weight excluding hydrogens is 406 g/mol. The van der Waals surface area contributed by atoms with E-state index in [1.54, 1.807) is 0 Å². The first-order chi connectivity index (χ1) is 16.0. The van der Waals surface area contributed by atoms with Crippen LogP contribution in [0.1, 0.15) is 42.0 Å². The van der Waals surface area contributed by atoms with Crippen LogP contribution in [-0.2, 0) is 17.6 Å². The Bertz CT molecular complexity index is 1040. The molecule has 0 bridgehead atoms. The summed E-state index contributed by atoms with van der Waals surface area (Å²) in [6.45, 7) is 6.78. The molecule has 0 unspecified atom stereocenters. The molecule has 2 aromatic carbocycles. The van der Waals surface area contributed by atoms with Crippen molar-refractivity contribution in [2.24, 2.45) is 0 Å². The van der Waals surface area contributed by atoms with Crippen LogP contribution < -0.4 is 9.80 Å². The monoisotopic (exact) mass is 441 g/mol. The van der Waals surface area contributed by atoms with Crippen LogP contribution in [0.5, 0.6) is 0 Å². The van der Waals surface area contributed by atoms with Gasteiger partial charge in [0.1, 0.15) is 0 Å². The molecule has 0 aliphatic carbocycles. The number of carbonyl (C=O) groups is 1. The second-order valence-electron chi connectivity index (χ2n) is 9.80. The predicted octanol–water partition coefficient (Wildman–Crippen LogP) is 4.82. The number of benzene rings is 2. The zero-order chi connectivity index (χ0) is 22.9. The van der Waals surface area contributed by atoms with Gasteiger partial charge in [-0.25, -0.2) is 0 Å². The number of carbonyl (C=O) groups excluding carboxylic acids is 1. The van der Waals surface area contributed by atoms with E-state index in [-0.39, 0.29) is 5.78 Å². The maximum Gasteiger partial charge on any atom is 0.187 e. The van der Waals surface area contributed by atoms with E-state index in [2.05, 4.69) is 84.3 Å². The SMILES string of the molecule is CCN1CC(=Cc2ccc3c(c2)CCCN3C)C(=O)C(=Cc2ccc3c(c2)CCCN3C)C1. The minimum Gasteiger partial charge on any atom is -0.374 e. The van der Waals surface area contributed by atoms with Crippen molar-refractivity contribution in [2.45, 2.75) is 32.6 Å². The number of likely N-dealkylation sites (tertiary alicyclic amines) is 1. The van der Waals surface area contributed by atoms with Crippen LogP contribution in [0.4, 0.5) is 11.4 Å². The van der Waals surface area contributed by atoms with Gasteiger partial charge in [0.2, 0.25) is 0 Å². The number of ketones is 1. The zero-order valence-corrected chi connectivity index (χ0v) is 20.2. The summed E-state index contributed by atoms with van der Waals surface area (Å²) < 4.78 is 0. The van der Waals surface area contributed by atoms with Crippen molar-refractivity contribution >= 4 is 29.3 Å². The molecule has 3 aliphatic rings. The fraction of sp³-hybridized carbons (Fsp3) is 0.414. The van der Waals surface area contributed by atoms with Gasteiger partial charge in [-0.15, -0.1) is 0 Å². The number of hydrogen-bond acceptors (Lipinski definition) is 4. The number of Topliss-reactive ketones (excluding diaryl/α,β-unsaturated/α-hetero) is 1. The van der Waals surface area contributed by atoms with Gasteiger partial charge in [-0.05, 0) is 90.9 Å². The molecule has 0 aromatic heterocycles. The Kier molecular flexibility index (Phi) is 6.11. The molecule has 33 heavy (non-hydrogen) atoms. The van der Waals surface area contributed by atoms with Crippen LogP contribution in [0.15, 0.2) is 47.5 Å². The molecule has 0 atom stereocenters. The topological polar surface area (TPSA) is 26.8 Å². The average molecular weight is 442 g/mol. The lowest BCUT2D eigenvalue weighted by atomic mass is 9.92. The number of likely N-dealkylation sites (N-methyl/N-ethyl adjacent to an activating group) is 1. The van der Waals surface area contributed by atoms with Crippen LogP contribution in [0.25, 0.3) is 12.2 Å². The summed E-state index contributed by atoms with van der Waals surface area (Å²) in [6.07, 6.45) is 8.85. The van der Waals surface area contributed by atoms with Gasteiger partial charge >= 0.3 is 0 Å². The van der Waals surface area contributed by atoms with Crippen molar-refractivity contribution < 1.29 is 4.79 Å². The highest BCUT2D eigenvalue weighted by Gasteiger charge is 2.25. The van der Waals surface area contributed by atoms with E-state index in [1.165, 1.54) is 35.3 Å². The van der Waals surface area contributed by atoms with Crippen molar-refractivity contribution in [3.63, 3.8) is 0 Å². The van der Waals surface area contributed by atoms with E-state index >= 15 is 0 Å². The zero-order valence-electron chi connectivity index (χ0n) is 20.2. The van der Waals surface area contributed by atoms with Gasteiger partial charge in [0, 0.05) is 62.8 Å². The maximum absolute atomic E-state index is 13.5. The summed E-state index contributed by atoms with van der Waals surface area (Å²) in [5.74, 6) is 0.198. The molecule has 4 nitrogen and oxygen atoms in total. The van der Waals surface area contributed by atoms with E-state index in [1.807, 2.05) is 0 Å². The summed E-state index contributed by atoms with van der Waals surface area (Å²) in [5.41, 5.74) is 9.52. The fourth-order valence-electron chi connectivity index (χ4n) is 5.53. The molecule has 5 rings (SSSR count). The highest BCUT2D eigenvalue weighted by atomic mass is 16.1. The number of rotatable bonds is 3. The van der Waals surface area contributed by atoms with Gasteiger partial charge in [0.05, 0.1) is 0 Å². The molecule has 0 spiro atoms.